The Morgan fingerprint density at radius 3 is 1.54 bits per heavy atom. The van der Waals surface area contributed by atoms with Gasteiger partial charge in [0.05, 0.1) is 5.97 Å². The molecule has 0 rings (SSSR count). The zero-order chi connectivity index (χ0) is 7.44. The molecule has 0 bridgehead atoms. The van der Waals surface area contributed by atoms with Crippen LogP contribution in [0.2, 0.25) is 0 Å². The summed E-state index contributed by atoms with van der Waals surface area (Å²) in [6, 6.07) is -1.46. The van der Waals surface area contributed by atoms with Crippen molar-refractivity contribution in [2.45, 2.75) is 12.5 Å². The SMILES string of the molecule is N[C@@H](CC(=O)[O-])C(=O)[O-].O.O.[K+].[K+]. The summed E-state index contributed by atoms with van der Waals surface area (Å²) in [4.78, 5) is 19.3. The summed E-state index contributed by atoms with van der Waals surface area (Å²) < 4.78 is 0. The standard InChI is InChI=1S/C4H7NO4.2K.2H2O/c5-2(4(8)9)1-3(6)7;;;;/h2H,1,5H2,(H,6,7)(H,8,9);;;2*1H2/q;2*+1;;/p-2/t2-;;;;/m0..../s1. The molecule has 0 aromatic rings. The second-order valence-electron chi connectivity index (χ2n) is 1.50. The minimum atomic E-state index is -1.58. The Kier molecular flexibility index (Phi) is 37.4. The Bertz CT molecular complexity index is 143. The molecule has 0 saturated heterocycles. The predicted octanol–water partition coefficient (Wildman–Crippen LogP) is -11.4. The summed E-state index contributed by atoms with van der Waals surface area (Å²) >= 11 is 0. The molecule has 0 spiro atoms. The molecule has 9 heteroatoms. The molecule has 68 valence electrons. The van der Waals surface area contributed by atoms with Gasteiger partial charge < -0.3 is 36.5 Å². The molecule has 0 amide bonds. The maximum absolute atomic E-state index is 9.71. The second kappa shape index (κ2) is 16.5. The van der Waals surface area contributed by atoms with E-state index < -0.39 is 24.4 Å². The van der Waals surface area contributed by atoms with E-state index in [-0.39, 0.29) is 114 Å². The Hall–Kier alpha value is 2.09. The van der Waals surface area contributed by atoms with Crippen molar-refractivity contribution in [2.75, 3.05) is 0 Å². The molecule has 0 aromatic heterocycles. The van der Waals surface area contributed by atoms with Crippen LogP contribution < -0.4 is 119 Å². The van der Waals surface area contributed by atoms with Crippen LogP contribution in [-0.4, -0.2) is 28.9 Å². The Balaban J connectivity index is -0.0000000533. The average Bonchev–Trinajstić information content (AvgIpc) is 1.63. The largest absolute Gasteiger partial charge is 1.00 e. The fourth-order valence-electron chi connectivity index (χ4n) is 0.263. The maximum atomic E-state index is 9.71. The fraction of sp³-hybridized carbons (Fsp3) is 0.500. The number of aliphatic carboxylic acids is 2. The maximum Gasteiger partial charge on any atom is 1.00 e. The molecule has 0 aliphatic rings. The number of carboxylic acid groups (broad SMARTS) is 2. The van der Waals surface area contributed by atoms with E-state index in [4.69, 9.17) is 5.73 Å². The third-order valence-corrected chi connectivity index (χ3v) is 0.689. The molecule has 7 nitrogen and oxygen atoms in total. The summed E-state index contributed by atoms with van der Waals surface area (Å²) in [7, 11) is 0. The fourth-order valence-corrected chi connectivity index (χ4v) is 0.263. The number of carbonyl (C=O) groups is 2. The number of carboxylic acids is 2. The van der Waals surface area contributed by atoms with E-state index in [9.17, 15) is 19.8 Å². The topological polar surface area (TPSA) is 169 Å². The number of hydrogen-bond acceptors (Lipinski definition) is 5. The zero-order valence-electron chi connectivity index (χ0n) is 7.49. The molecule has 1 atom stereocenters. The van der Waals surface area contributed by atoms with Crippen molar-refractivity contribution in [3.05, 3.63) is 0 Å². The second-order valence-corrected chi connectivity index (χ2v) is 1.50. The van der Waals surface area contributed by atoms with Crippen molar-refractivity contribution in [2.24, 2.45) is 5.73 Å². The summed E-state index contributed by atoms with van der Waals surface area (Å²) in [6.07, 6.45) is -0.706. The van der Waals surface area contributed by atoms with Gasteiger partial charge in [0.2, 0.25) is 0 Å². The Morgan fingerprint density at radius 2 is 1.46 bits per heavy atom. The van der Waals surface area contributed by atoms with Gasteiger partial charge in [-0.15, -0.1) is 0 Å². The first kappa shape index (κ1) is 29.4. The number of hydrogen-bond donors (Lipinski definition) is 1. The van der Waals surface area contributed by atoms with Crippen LogP contribution in [0.4, 0.5) is 0 Å². The molecular formula is C4H9K2NO6. The number of rotatable bonds is 3. The molecule has 6 N–H and O–H groups in total. The van der Waals surface area contributed by atoms with Crippen molar-refractivity contribution < 1.29 is 134 Å². The summed E-state index contributed by atoms with van der Waals surface area (Å²) in [6.45, 7) is 0. The van der Waals surface area contributed by atoms with E-state index in [2.05, 4.69) is 0 Å². The minimum Gasteiger partial charge on any atom is -0.550 e. The van der Waals surface area contributed by atoms with Gasteiger partial charge in [-0.05, 0) is 0 Å². The van der Waals surface area contributed by atoms with E-state index in [1.54, 1.807) is 0 Å². The van der Waals surface area contributed by atoms with E-state index in [0.29, 0.717) is 0 Å². The monoisotopic (exact) mass is 245 g/mol. The molecule has 0 radical (unpaired) electrons. The molecule has 0 aromatic carbocycles. The average molecular weight is 245 g/mol. The Morgan fingerprint density at radius 1 is 1.15 bits per heavy atom. The normalized spacial score (nSPS) is 8.69. The molecule has 0 heterocycles. The van der Waals surface area contributed by atoms with Crippen molar-refractivity contribution in [3.8, 4) is 0 Å². The third kappa shape index (κ3) is 20.2. The van der Waals surface area contributed by atoms with Gasteiger partial charge in [-0.25, -0.2) is 0 Å². The summed E-state index contributed by atoms with van der Waals surface area (Å²) in [5.74, 6) is -3.08. The number of carbonyl (C=O) groups excluding carboxylic acids is 2. The molecule has 0 fully saturated rings. The molecule has 13 heavy (non-hydrogen) atoms. The van der Waals surface area contributed by atoms with Gasteiger partial charge in [-0.1, -0.05) is 0 Å². The zero-order valence-corrected chi connectivity index (χ0v) is 13.7. The van der Waals surface area contributed by atoms with E-state index in [1.807, 2.05) is 0 Å². The van der Waals surface area contributed by atoms with Crippen LogP contribution in [0.1, 0.15) is 6.42 Å². The molecule has 0 aliphatic heterocycles. The van der Waals surface area contributed by atoms with Gasteiger partial charge in [0.15, 0.2) is 0 Å². The van der Waals surface area contributed by atoms with Crippen LogP contribution in [-0.2, 0) is 9.59 Å². The van der Waals surface area contributed by atoms with Gasteiger partial charge in [-0.3, -0.25) is 0 Å². The van der Waals surface area contributed by atoms with E-state index in [1.165, 1.54) is 0 Å². The summed E-state index contributed by atoms with van der Waals surface area (Å²) in [5.41, 5.74) is 4.73. The first-order valence-electron chi connectivity index (χ1n) is 2.20. The minimum absolute atomic E-state index is 0. The van der Waals surface area contributed by atoms with Gasteiger partial charge >= 0.3 is 103 Å². The first-order chi connectivity index (χ1) is 4.04. The van der Waals surface area contributed by atoms with Crippen LogP contribution >= 0.6 is 0 Å². The van der Waals surface area contributed by atoms with Crippen LogP contribution in [0.15, 0.2) is 0 Å². The van der Waals surface area contributed by atoms with Crippen molar-refractivity contribution in [3.63, 3.8) is 0 Å². The third-order valence-electron chi connectivity index (χ3n) is 0.689. The van der Waals surface area contributed by atoms with Crippen LogP contribution in [0.25, 0.3) is 0 Å². The van der Waals surface area contributed by atoms with Crippen molar-refractivity contribution in [1.82, 2.24) is 0 Å². The van der Waals surface area contributed by atoms with Gasteiger partial charge in [0.25, 0.3) is 0 Å². The van der Waals surface area contributed by atoms with Crippen LogP contribution in [0.5, 0.6) is 0 Å². The molecular weight excluding hydrogens is 236 g/mol. The molecule has 0 aliphatic carbocycles. The van der Waals surface area contributed by atoms with Crippen molar-refractivity contribution >= 4 is 11.9 Å². The quantitative estimate of drug-likeness (QED) is 0.486. The van der Waals surface area contributed by atoms with Crippen LogP contribution in [0, 0.1) is 0 Å². The molecule has 0 unspecified atom stereocenters. The smallest absolute Gasteiger partial charge is 0.550 e. The molecule has 0 saturated carbocycles. The van der Waals surface area contributed by atoms with E-state index in [0.717, 1.165) is 0 Å². The Labute approximate surface area is 160 Å². The first-order valence-corrected chi connectivity index (χ1v) is 2.20. The van der Waals surface area contributed by atoms with Gasteiger partial charge in [0.1, 0.15) is 0 Å². The summed E-state index contributed by atoms with van der Waals surface area (Å²) in [5, 5.41) is 19.3. The van der Waals surface area contributed by atoms with Gasteiger partial charge in [-0.2, -0.15) is 0 Å². The van der Waals surface area contributed by atoms with Crippen LogP contribution in [0.3, 0.4) is 0 Å². The predicted molar refractivity (Wildman–Crippen MR) is 29.8 cm³/mol. The van der Waals surface area contributed by atoms with E-state index >= 15 is 0 Å². The number of nitrogens with two attached hydrogens (primary N) is 1. The van der Waals surface area contributed by atoms with Crippen molar-refractivity contribution in [1.29, 1.82) is 0 Å². The van der Waals surface area contributed by atoms with Gasteiger partial charge in [0, 0.05) is 18.4 Å².